The van der Waals surface area contributed by atoms with Crippen LogP contribution in [0, 0.1) is 11.7 Å². The molecule has 3 rings (SSSR count). The van der Waals surface area contributed by atoms with Gasteiger partial charge in [0.05, 0.1) is 12.4 Å². The van der Waals surface area contributed by atoms with Crippen molar-refractivity contribution in [1.82, 2.24) is 19.8 Å². The predicted octanol–water partition coefficient (Wildman–Crippen LogP) is 2.68. The number of rotatable bonds is 3. The third kappa shape index (κ3) is 3.75. The van der Waals surface area contributed by atoms with Crippen LogP contribution in [0.5, 0.6) is 0 Å². The smallest absolute Gasteiger partial charge is 0.193 e. The summed E-state index contributed by atoms with van der Waals surface area (Å²) in [5, 5.41) is 3.38. The van der Waals surface area contributed by atoms with E-state index in [0.717, 1.165) is 31.0 Å². The van der Waals surface area contributed by atoms with Gasteiger partial charge in [0.25, 0.3) is 0 Å². The molecule has 5 nitrogen and oxygen atoms in total. The monoisotopic (exact) mass is 329 g/mol. The summed E-state index contributed by atoms with van der Waals surface area (Å²) in [4.78, 5) is 10.9. The lowest BCUT2D eigenvalue weighted by Gasteiger charge is -2.39. The van der Waals surface area contributed by atoms with Crippen molar-refractivity contribution in [2.24, 2.45) is 10.9 Å². The summed E-state index contributed by atoms with van der Waals surface area (Å²) in [5.74, 6) is 1.28. The molecule has 24 heavy (non-hydrogen) atoms. The molecule has 1 aliphatic rings. The first-order valence-corrected chi connectivity index (χ1v) is 8.35. The molecule has 0 aliphatic carbocycles. The van der Waals surface area contributed by atoms with E-state index in [1.807, 2.05) is 18.7 Å². The van der Waals surface area contributed by atoms with Crippen molar-refractivity contribution in [3.05, 3.63) is 54.4 Å². The maximum Gasteiger partial charge on any atom is 0.193 e. The average Bonchev–Trinajstić information content (AvgIpc) is 3.12. The van der Waals surface area contributed by atoms with Crippen molar-refractivity contribution in [2.45, 2.75) is 25.9 Å². The SMILES string of the molecule is CN=C(NCc1ccc(F)cc1)N1CCC(C)C(n2ccnc2)C1. The van der Waals surface area contributed by atoms with E-state index in [2.05, 4.69) is 31.7 Å². The summed E-state index contributed by atoms with van der Waals surface area (Å²) in [6, 6.07) is 6.95. The molecule has 1 N–H and O–H groups in total. The molecule has 6 heteroatoms. The normalized spacial score (nSPS) is 21.8. The fraction of sp³-hybridized carbons (Fsp3) is 0.444. The lowest BCUT2D eigenvalue weighted by atomic mass is 9.93. The topological polar surface area (TPSA) is 45.5 Å². The van der Waals surface area contributed by atoms with Gasteiger partial charge in [-0.1, -0.05) is 19.1 Å². The lowest BCUT2D eigenvalue weighted by Crippen LogP contribution is -2.48. The Morgan fingerprint density at radius 3 is 2.83 bits per heavy atom. The number of halogens is 1. The minimum atomic E-state index is -0.212. The van der Waals surface area contributed by atoms with E-state index in [-0.39, 0.29) is 5.82 Å². The second kappa shape index (κ2) is 7.47. The number of hydrogen-bond donors (Lipinski definition) is 1. The first-order valence-electron chi connectivity index (χ1n) is 8.35. The zero-order valence-corrected chi connectivity index (χ0v) is 14.2. The van der Waals surface area contributed by atoms with Crippen LogP contribution in [-0.2, 0) is 6.54 Å². The molecule has 1 aromatic carbocycles. The number of guanidine groups is 1. The van der Waals surface area contributed by atoms with Gasteiger partial charge in [0.2, 0.25) is 0 Å². The third-order valence-electron chi connectivity index (χ3n) is 4.70. The fourth-order valence-corrected chi connectivity index (χ4v) is 3.21. The third-order valence-corrected chi connectivity index (χ3v) is 4.70. The van der Waals surface area contributed by atoms with Gasteiger partial charge in [-0.05, 0) is 30.0 Å². The molecular formula is C18H24FN5. The Hall–Kier alpha value is -2.37. The average molecular weight is 329 g/mol. The second-order valence-corrected chi connectivity index (χ2v) is 6.32. The molecule has 0 amide bonds. The second-order valence-electron chi connectivity index (χ2n) is 6.32. The van der Waals surface area contributed by atoms with Gasteiger partial charge in [-0.3, -0.25) is 4.99 Å². The molecule has 0 spiro atoms. The number of aromatic nitrogens is 2. The van der Waals surface area contributed by atoms with Gasteiger partial charge in [-0.15, -0.1) is 0 Å². The molecular weight excluding hydrogens is 305 g/mol. The number of imidazole rings is 1. The van der Waals surface area contributed by atoms with Gasteiger partial charge in [0, 0.05) is 39.1 Å². The van der Waals surface area contributed by atoms with E-state index >= 15 is 0 Å². The molecule has 0 bridgehead atoms. The Bertz CT molecular complexity index is 665. The van der Waals surface area contributed by atoms with Crippen LogP contribution in [0.4, 0.5) is 4.39 Å². The first-order chi connectivity index (χ1) is 11.7. The molecule has 2 unspecified atom stereocenters. The quantitative estimate of drug-likeness (QED) is 0.696. The lowest BCUT2D eigenvalue weighted by molar-refractivity contribution is 0.189. The first kappa shape index (κ1) is 16.5. The number of hydrogen-bond acceptors (Lipinski definition) is 2. The van der Waals surface area contributed by atoms with Crippen LogP contribution < -0.4 is 5.32 Å². The Labute approximate surface area is 142 Å². The van der Waals surface area contributed by atoms with Crippen LogP contribution in [0.15, 0.2) is 48.0 Å². The molecule has 2 aromatic rings. The highest BCUT2D eigenvalue weighted by atomic mass is 19.1. The zero-order chi connectivity index (χ0) is 16.9. The molecule has 1 fully saturated rings. The van der Waals surface area contributed by atoms with E-state index in [9.17, 15) is 4.39 Å². The molecule has 1 aromatic heterocycles. The van der Waals surface area contributed by atoms with Crippen LogP contribution in [0.25, 0.3) is 0 Å². The molecule has 2 atom stereocenters. The van der Waals surface area contributed by atoms with Gasteiger partial charge in [0.15, 0.2) is 5.96 Å². The Morgan fingerprint density at radius 2 is 2.17 bits per heavy atom. The molecule has 2 heterocycles. The van der Waals surface area contributed by atoms with Crippen LogP contribution in [0.3, 0.4) is 0 Å². The minimum Gasteiger partial charge on any atom is -0.352 e. The van der Waals surface area contributed by atoms with Gasteiger partial charge in [-0.25, -0.2) is 9.37 Å². The van der Waals surface area contributed by atoms with Gasteiger partial charge >= 0.3 is 0 Å². The van der Waals surface area contributed by atoms with E-state index < -0.39 is 0 Å². The number of piperidine rings is 1. The number of nitrogens with zero attached hydrogens (tertiary/aromatic N) is 4. The summed E-state index contributed by atoms with van der Waals surface area (Å²) in [6.07, 6.45) is 6.85. The van der Waals surface area contributed by atoms with Crippen molar-refractivity contribution in [2.75, 3.05) is 20.1 Å². The molecule has 1 saturated heterocycles. The largest absolute Gasteiger partial charge is 0.352 e. The van der Waals surface area contributed by atoms with E-state index in [1.54, 1.807) is 19.2 Å². The van der Waals surface area contributed by atoms with Crippen LogP contribution in [0.2, 0.25) is 0 Å². The van der Waals surface area contributed by atoms with Crippen molar-refractivity contribution < 1.29 is 4.39 Å². The molecule has 0 saturated carbocycles. The van der Waals surface area contributed by atoms with Crippen LogP contribution in [0.1, 0.15) is 24.9 Å². The Kier molecular flexibility index (Phi) is 5.13. The standard InChI is InChI=1S/C18H24FN5/c1-14-7-9-23(12-17(14)24-10-8-21-13-24)18(20-2)22-11-15-3-5-16(19)6-4-15/h3-6,8,10,13-14,17H,7,9,11-12H2,1-2H3,(H,20,22). The van der Waals surface area contributed by atoms with Crippen molar-refractivity contribution in [1.29, 1.82) is 0 Å². The van der Waals surface area contributed by atoms with E-state index in [4.69, 9.17) is 0 Å². The minimum absolute atomic E-state index is 0.212. The predicted molar refractivity (Wildman–Crippen MR) is 93.2 cm³/mol. The number of benzene rings is 1. The van der Waals surface area contributed by atoms with Crippen molar-refractivity contribution in [3.8, 4) is 0 Å². The maximum atomic E-state index is 13.0. The molecule has 1 aliphatic heterocycles. The van der Waals surface area contributed by atoms with E-state index in [1.165, 1.54) is 12.1 Å². The molecule has 0 radical (unpaired) electrons. The van der Waals surface area contributed by atoms with Crippen molar-refractivity contribution >= 4 is 5.96 Å². The Morgan fingerprint density at radius 1 is 1.38 bits per heavy atom. The zero-order valence-electron chi connectivity index (χ0n) is 14.2. The van der Waals surface area contributed by atoms with Gasteiger partial charge in [-0.2, -0.15) is 0 Å². The summed E-state index contributed by atoms with van der Waals surface area (Å²) < 4.78 is 15.2. The number of likely N-dealkylation sites (tertiary alicyclic amines) is 1. The summed E-state index contributed by atoms with van der Waals surface area (Å²) in [7, 11) is 1.80. The van der Waals surface area contributed by atoms with Crippen molar-refractivity contribution in [3.63, 3.8) is 0 Å². The fourth-order valence-electron chi connectivity index (χ4n) is 3.21. The summed E-state index contributed by atoms with van der Waals surface area (Å²) in [6.45, 7) is 4.81. The highest BCUT2D eigenvalue weighted by Crippen LogP contribution is 2.27. The van der Waals surface area contributed by atoms with E-state index in [0.29, 0.717) is 18.5 Å². The van der Waals surface area contributed by atoms with Gasteiger partial charge < -0.3 is 14.8 Å². The Balaban J connectivity index is 1.64. The number of aliphatic imine (C=N–C) groups is 1. The maximum absolute atomic E-state index is 13.0. The summed E-state index contributed by atoms with van der Waals surface area (Å²) in [5.41, 5.74) is 1.04. The number of nitrogens with one attached hydrogen (secondary N) is 1. The highest BCUT2D eigenvalue weighted by molar-refractivity contribution is 5.80. The van der Waals surface area contributed by atoms with Crippen LogP contribution in [-0.4, -0.2) is 40.5 Å². The van der Waals surface area contributed by atoms with Gasteiger partial charge in [0.1, 0.15) is 5.82 Å². The highest BCUT2D eigenvalue weighted by Gasteiger charge is 2.28. The van der Waals surface area contributed by atoms with Crippen LogP contribution >= 0.6 is 0 Å². The molecule has 128 valence electrons. The summed E-state index contributed by atoms with van der Waals surface area (Å²) >= 11 is 0.